The average Bonchev–Trinajstić information content (AvgIpc) is 3.65. The van der Waals surface area contributed by atoms with Crippen molar-refractivity contribution < 1.29 is 9.53 Å². The molecule has 0 radical (unpaired) electrons. The smallest absolute Gasteiger partial charge is 0.259 e. The van der Waals surface area contributed by atoms with Crippen LogP contribution in [0.25, 0.3) is 27.7 Å². The molecule has 5 heterocycles. The maximum atomic E-state index is 13.8. The summed E-state index contributed by atoms with van der Waals surface area (Å²) in [5.41, 5.74) is 2.81. The summed E-state index contributed by atoms with van der Waals surface area (Å²) in [7, 11) is 3.61. The van der Waals surface area contributed by atoms with E-state index in [9.17, 15) is 9.59 Å². The van der Waals surface area contributed by atoms with Gasteiger partial charge in [-0.05, 0) is 63.0 Å². The lowest BCUT2D eigenvalue weighted by atomic mass is 10.1. The van der Waals surface area contributed by atoms with Crippen molar-refractivity contribution in [2.45, 2.75) is 31.9 Å². The summed E-state index contributed by atoms with van der Waals surface area (Å²) in [4.78, 5) is 36.8. The van der Waals surface area contributed by atoms with Crippen molar-refractivity contribution in [2.24, 2.45) is 7.05 Å². The van der Waals surface area contributed by atoms with Crippen molar-refractivity contribution in [3.63, 3.8) is 0 Å². The topological polar surface area (TPSA) is 84.1 Å². The van der Waals surface area contributed by atoms with E-state index >= 15 is 0 Å². The number of likely N-dealkylation sites (tertiary alicyclic amines) is 1. The summed E-state index contributed by atoms with van der Waals surface area (Å²) in [5.74, 6) is 0.434. The van der Waals surface area contributed by atoms with Crippen molar-refractivity contribution in [1.29, 1.82) is 0 Å². The second-order valence-electron chi connectivity index (χ2n) is 9.78. The number of carbonyl (C=O) groups excluding carboxylic acids is 1. The van der Waals surface area contributed by atoms with Gasteiger partial charge >= 0.3 is 0 Å². The van der Waals surface area contributed by atoms with Crippen LogP contribution < -0.4 is 15.6 Å². The molecule has 4 aromatic rings. The number of para-hydroxylation sites is 2. The van der Waals surface area contributed by atoms with E-state index < -0.39 is 0 Å². The van der Waals surface area contributed by atoms with Crippen LogP contribution >= 0.6 is 0 Å². The first kappa shape index (κ1) is 23.0. The molecule has 9 nitrogen and oxygen atoms in total. The Kier molecular flexibility index (Phi) is 5.89. The van der Waals surface area contributed by atoms with Gasteiger partial charge in [0.05, 0.1) is 16.4 Å². The molecule has 2 fully saturated rings. The number of fused-ring (bicyclic) bond motifs is 5. The third-order valence-electron chi connectivity index (χ3n) is 7.68. The standard InChI is InChI=1S/C27H32N6O3/c1-30-19-8-3-4-9-20(19)33-25-18(11-12-21(29-25)32-16-7-10-22(32)36-2)24(34)23(27(30)33)26(35)28-13-17-31-14-5-6-15-31/h3-4,8-9,11-12,22H,5-7,10,13-17H2,1-2H3,(H,28,35). The Balaban J connectivity index is 1.52. The number of anilines is 1. The van der Waals surface area contributed by atoms with Crippen LogP contribution in [-0.4, -0.2) is 70.8 Å². The fourth-order valence-electron chi connectivity index (χ4n) is 5.86. The molecule has 0 spiro atoms. The van der Waals surface area contributed by atoms with E-state index in [1.165, 1.54) is 12.8 Å². The summed E-state index contributed by atoms with van der Waals surface area (Å²) in [5, 5.41) is 3.45. The Labute approximate surface area is 209 Å². The Morgan fingerprint density at radius 2 is 1.86 bits per heavy atom. The first-order valence-corrected chi connectivity index (χ1v) is 12.8. The molecular weight excluding hydrogens is 456 g/mol. The molecule has 1 N–H and O–H groups in total. The lowest BCUT2D eigenvalue weighted by Gasteiger charge is -2.24. The molecular formula is C27H32N6O3. The van der Waals surface area contributed by atoms with Gasteiger partial charge in [-0.2, -0.15) is 0 Å². The number of rotatable bonds is 6. The van der Waals surface area contributed by atoms with E-state index in [0.717, 1.165) is 55.9 Å². The third-order valence-corrected chi connectivity index (χ3v) is 7.68. The first-order valence-electron chi connectivity index (χ1n) is 12.8. The number of carbonyl (C=O) groups is 1. The number of aryl methyl sites for hydroxylation is 1. The zero-order chi connectivity index (χ0) is 24.8. The van der Waals surface area contributed by atoms with E-state index in [1.54, 1.807) is 13.2 Å². The molecule has 36 heavy (non-hydrogen) atoms. The molecule has 188 valence electrons. The second-order valence-corrected chi connectivity index (χ2v) is 9.78. The van der Waals surface area contributed by atoms with Crippen molar-refractivity contribution in [3.8, 4) is 0 Å². The number of amides is 1. The van der Waals surface area contributed by atoms with Crippen LogP contribution in [-0.2, 0) is 11.8 Å². The van der Waals surface area contributed by atoms with Gasteiger partial charge in [-0.1, -0.05) is 12.1 Å². The summed E-state index contributed by atoms with van der Waals surface area (Å²) in [6.07, 6.45) is 4.34. The zero-order valence-electron chi connectivity index (χ0n) is 20.9. The number of nitrogens with zero attached hydrogens (tertiary/aromatic N) is 5. The van der Waals surface area contributed by atoms with Gasteiger partial charge in [-0.25, -0.2) is 4.98 Å². The van der Waals surface area contributed by atoms with Crippen LogP contribution in [0.4, 0.5) is 5.82 Å². The van der Waals surface area contributed by atoms with Crippen LogP contribution in [0.1, 0.15) is 36.0 Å². The highest BCUT2D eigenvalue weighted by atomic mass is 16.5. The minimum absolute atomic E-state index is 0.0321. The van der Waals surface area contributed by atoms with E-state index in [2.05, 4.69) is 15.1 Å². The average molecular weight is 489 g/mol. The number of pyridine rings is 2. The predicted molar refractivity (Wildman–Crippen MR) is 141 cm³/mol. The van der Waals surface area contributed by atoms with Crippen molar-refractivity contribution >= 4 is 39.4 Å². The maximum absolute atomic E-state index is 13.8. The van der Waals surface area contributed by atoms with Gasteiger partial charge in [0.15, 0.2) is 5.65 Å². The highest BCUT2D eigenvalue weighted by Gasteiger charge is 2.28. The Hall–Kier alpha value is -3.43. The summed E-state index contributed by atoms with van der Waals surface area (Å²) < 4.78 is 9.54. The number of hydrogen-bond acceptors (Lipinski definition) is 6. The number of aromatic nitrogens is 3. The highest BCUT2D eigenvalue weighted by molar-refractivity contribution is 6.05. The lowest BCUT2D eigenvalue weighted by molar-refractivity contribution is 0.0950. The molecule has 6 rings (SSSR count). The van der Waals surface area contributed by atoms with E-state index in [4.69, 9.17) is 9.72 Å². The largest absolute Gasteiger partial charge is 0.362 e. The van der Waals surface area contributed by atoms with Gasteiger partial charge < -0.3 is 24.4 Å². The minimum Gasteiger partial charge on any atom is -0.362 e. The molecule has 2 aliphatic heterocycles. The van der Waals surface area contributed by atoms with Crippen LogP contribution in [0.15, 0.2) is 41.2 Å². The van der Waals surface area contributed by atoms with E-state index in [0.29, 0.717) is 23.2 Å². The fourth-order valence-corrected chi connectivity index (χ4v) is 5.86. The van der Waals surface area contributed by atoms with E-state index in [1.807, 2.05) is 46.3 Å². The quantitative estimate of drug-likeness (QED) is 0.449. The number of imidazole rings is 1. The Bertz CT molecular complexity index is 1520. The van der Waals surface area contributed by atoms with Crippen LogP contribution in [0, 0.1) is 0 Å². The van der Waals surface area contributed by atoms with Gasteiger partial charge in [0, 0.05) is 33.8 Å². The van der Waals surface area contributed by atoms with Crippen LogP contribution in [0.3, 0.4) is 0 Å². The summed E-state index contributed by atoms with van der Waals surface area (Å²) in [6.45, 7) is 4.28. The number of nitrogens with one attached hydrogen (secondary N) is 1. The molecule has 1 unspecified atom stereocenters. The third kappa shape index (κ3) is 3.65. The zero-order valence-corrected chi connectivity index (χ0v) is 20.9. The molecule has 0 saturated carbocycles. The predicted octanol–water partition coefficient (Wildman–Crippen LogP) is 2.74. The molecule has 0 bridgehead atoms. The van der Waals surface area contributed by atoms with E-state index in [-0.39, 0.29) is 23.1 Å². The normalized spacial score (nSPS) is 18.7. The molecule has 9 heteroatoms. The maximum Gasteiger partial charge on any atom is 0.259 e. The summed E-state index contributed by atoms with van der Waals surface area (Å²) in [6, 6.07) is 11.6. The first-order chi connectivity index (χ1) is 17.6. The van der Waals surface area contributed by atoms with Gasteiger partial charge in [-0.15, -0.1) is 0 Å². The number of hydrogen-bond donors (Lipinski definition) is 1. The van der Waals surface area contributed by atoms with Crippen LogP contribution in [0.5, 0.6) is 0 Å². The number of ether oxygens (including phenoxy) is 1. The van der Waals surface area contributed by atoms with Gasteiger partial charge in [-0.3, -0.25) is 14.0 Å². The molecule has 0 aliphatic carbocycles. The fraction of sp³-hybridized carbons (Fsp3) is 0.444. The van der Waals surface area contributed by atoms with Crippen molar-refractivity contribution in [1.82, 2.24) is 24.2 Å². The molecule has 2 aliphatic rings. The van der Waals surface area contributed by atoms with Crippen LogP contribution in [0.2, 0.25) is 0 Å². The van der Waals surface area contributed by atoms with Gasteiger partial charge in [0.25, 0.3) is 5.91 Å². The van der Waals surface area contributed by atoms with Gasteiger partial charge in [0.2, 0.25) is 5.43 Å². The van der Waals surface area contributed by atoms with Crippen molar-refractivity contribution in [3.05, 3.63) is 52.2 Å². The molecule has 1 aromatic carbocycles. The number of methoxy groups -OCH3 is 1. The molecule has 1 amide bonds. The highest BCUT2D eigenvalue weighted by Crippen LogP contribution is 2.29. The Morgan fingerprint density at radius 1 is 1.08 bits per heavy atom. The molecule has 3 aromatic heterocycles. The molecule has 1 atom stereocenters. The molecule has 2 saturated heterocycles. The minimum atomic E-state index is -0.340. The Morgan fingerprint density at radius 3 is 2.64 bits per heavy atom. The SMILES string of the molecule is COC1CCCN1c1ccc2c(=O)c(C(=O)NCCN3CCCC3)c3n(C)c4ccccc4n3c2n1. The van der Waals surface area contributed by atoms with Gasteiger partial charge in [0.1, 0.15) is 23.3 Å². The number of benzene rings is 1. The second kappa shape index (κ2) is 9.22. The monoisotopic (exact) mass is 488 g/mol. The lowest BCUT2D eigenvalue weighted by Crippen LogP contribution is -2.36. The summed E-state index contributed by atoms with van der Waals surface area (Å²) >= 11 is 0. The van der Waals surface area contributed by atoms with Crippen molar-refractivity contribution in [2.75, 3.05) is 44.7 Å².